The topological polar surface area (TPSA) is 140 Å². The number of H-pyrrole nitrogens is 1. The van der Waals surface area contributed by atoms with Gasteiger partial charge in [0.1, 0.15) is 18.2 Å². The Balaban J connectivity index is 0.000000426. The zero-order valence-corrected chi connectivity index (χ0v) is 19.9. The minimum atomic E-state index is -5.08. The number of benzene rings is 2. The van der Waals surface area contributed by atoms with Crippen molar-refractivity contribution in [3.63, 3.8) is 0 Å². The number of hydrogen-bond acceptors (Lipinski definition) is 6. The third-order valence-corrected chi connectivity index (χ3v) is 5.71. The molecule has 0 saturated carbocycles. The SMILES string of the molecule is Nc1nccc2cc(-c3cncc(OC[C@@H](N)Cc4c[nH]c5ccccc45)c3)ccc12.O=C(O)C(F)(F)F. The van der Waals surface area contributed by atoms with E-state index in [0.717, 1.165) is 33.8 Å². The predicted molar refractivity (Wildman–Crippen MR) is 139 cm³/mol. The number of fused-ring (bicyclic) bond motifs is 2. The van der Waals surface area contributed by atoms with E-state index in [9.17, 15) is 13.2 Å². The van der Waals surface area contributed by atoms with Crippen LogP contribution in [0.25, 0.3) is 32.8 Å². The molecule has 0 aliphatic carbocycles. The van der Waals surface area contributed by atoms with Gasteiger partial charge in [0.15, 0.2) is 0 Å². The van der Waals surface area contributed by atoms with Gasteiger partial charge in [-0.3, -0.25) is 4.98 Å². The summed E-state index contributed by atoms with van der Waals surface area (Å²) < 4.78 is 37.7. The summed E-state index contributed by atoms with van der Waals surface area (Å²) >= 11 is 0. The van der Waals surface area contributed by atoms with Crippen LogP contribution in [0.15, 0.2) is 79.4 Å². The lowest BCUT2D eigenvalue weighted by molar-refractivity contribution is -0.192. The average molecular weight is 524 g/mol. The number of carboxylic acids is 1. The molecule has 0 aliphatic rings. The van der Waals surface area contributed by atoms with Gasteiger partial charge < -0.3 is 26.3 Å². The monoisotopic (exact) mass is 523 g/mol. The molecule has 3 aromatic heterocycles. The van der Waals surface area contributed by atoms with Crippen LogP contribution in [0.3, 0.4) is 0 Å². The van der Waals surface area contributed by atoms with Crippen LogP contribution in [0, 0.1) is 0 Å². The number of pyridine rings is 2. The lowest BCUT2D eigenvalue weighted by Gasteiger charge is -2.13. The highest BCUT2D eigenvalue weighted by molar-refractivity contribution is 5.93. The van der Waals surface area contributed by atoms with Crippen LogP contribution in [-0.4, -0.2) is 44.9 Å². The molecule has 0 fully saturated rings. The van der Waals surface area contributed by atoms with E-state index in [-0.39, 0.29) is 6.04 Å². The average Bonchev–Trinajstić information content (AvgIpc) is 3.30. The van der Waals surface area contributed by atoms with E-state index in [1.165, 1.54) is 10.9 Å². The van der Waals surface area contributed by atoms with E-state index in [1.807, 2.05) is 48.8 Å². The highest BCUT2D eigenvalue weighted by Crippen LogP contribution is 2.28. The fourth-order valence-electron chi connectivity index (χ4n) is 3.88. The maximum Gasteiger partial charge on any atom is 0.490 e. The van der Waals surface area contributed by atoms with Crippen molar-refractivity contribution in [2.75, 3.05) is 12.3 Å². The zero-order valence-electron chi connectivity index (χ0n) is 19.9. The molecule has 0 unspecified atom stereocenters. The first-order chi connectivity index (χ1) is 18.1. The van der Waals surface area contributed by atoms with Gasteiger partial charge in [0.25, 0.3) is 0 Å². The quantitative estimate of drug-likeness (QED) is 0.247. The number of halogens is 3. The molecule has 0 bridgehead atoms. The van der Waals surface area contributed by atoms with Crippen molar-refractivity contribution >= 4 is 33.5 Å². The van der Waals surface area contributed by atoms with Gasteiger partial charge in [-0.05, 0) is 47.2 Å². The lowest BCUT2D eigenvalue weighted by Crippen LogP contribution is -2.30. The first-order valence-electron chi connectivity index (χ1n) is 11.4. The van der Waals surface area contributed by atoms with E-state index in [1.54, 1.807) is 12.4 Å². The van der Waals surface area contributed by atoms with Crippen LogP contribution >= 0.6 is 0 Å². The van der Waals surface area contributed by atoms with Gasteiger partial charge in [-0.1, -0.05) is 30.3 Å². The minimum absolute atomic E-state index is 0.126. The Morgan fingerprint density at radius 3 is 2.58 bits per heavy atom. The number of anilines is 1. The third kappa shape index (κ3) is 6.37. The number of nitrogens with two attached hydrogens (primary N) is 2. The second-order valence-corrected chi connectivity index (χ2v) is 8.48. The highest BCUT2D eigenvalue weighted by atomic mass is 19.4. The Morgan fingerprint density at radius 1 is 1.05 bits per heavy atom. The Hall–Kier alpha value is -4.64. The molecule has 0 aliphatic heterocycles. The Kier molecular flexibility index (Phi) is 7.77. The molecular formula is C27H24F3N5O3. The highest BCUT2D eigenvalue weighted by Gasteiger charge is 2.38. The van der Waals surface area contributed by atoms with Crippen LogP contribution in [-0.2, 0) is 11.2 Å². The maximum absolute atomic E-state index is 10.6. The molecule has 5 aromatic rings. The van der Waals surface area contributed by atoms with E-state index < -0.39 is 12.1 Å². The van der Waals surface area contributed by atoms with Gasteiger partial charge in [-0.2, -0.15) is 13.2 Å². The van der Waals surface area contributed by atoms with Gasteiger partial charge in [0.2, 0.25) is 0 Å². The minimum Gasteiger partial charge on any atom is -0.490 e. The second kappa shape index (κ2) is 11.2. The lowest BCUT2D eigenvalue weighted by atomic mass is 10.0. The van der Waals surface area contributed by atoms with Crippen LogP contribution in [0.1, 0.15) is 5.56 Å². The van der Waals surface area contributed by atoms with Crippen molar-refractivity contribution in [2.45, 2.75) is 18.6 Å². The number of nitrogens with zero attached hydrogens (tertiary/aromatic N) is 2. The van der Waals surface area contributed by atoms with Crippen molar-refractivity contribution in [2.24, 2.45) is 5.73 Å². The zero-order chi connectivity index (χ0) is 27.3. The van der Waals surface area contributed by atoms with E-state index in [0.29, 0.717) is 18.2 Å². The number of aromatic amines is 1. The van der Waals surface area contributed by atoms with Gasteiger partial charge >= 0.3 is 12.1 Å². The fourth-order valence-corrected chi connectivity index (χ4v) is 3.88. The molecule has 1 atom stereocenters. The molecule has 5 rings (SSSR count). The van der Waals surface area contributed by atoms with Gasteiger partial charge in [0, 0.05) is 46.5 Å². The summed E-state index contributed by atoms with van der Waals surface area (Å²) in [4.78, 5) is 20.7. The van der Waals surface area contributed by atoms with Crippen LogP contribution < -0.4 is 16.2 Å². The summed E-state index contributed by atoms with van der Waals surface area (Å²) in [6, 6.07) is 18.1. The number of alkyl halides is 3. The molecule has 0 radical (unpaired) electrons. The number of carbonyl (C=O) groups is 1. The normalized spacial score (nSPS) is 12.1. The molecule has 6 N–H and O–H groups in total. The summed E-state index contributed by atoms with van der Waals surface area (Å²) in [5, 5.41) is 10.3. The smallest absolute Gasteiger partial charge is 0.490 e. The summed E-state index contributed by atoms with van der Waals surface area (Å²) in [6.07, 6.45) is 2.93. The molecule has 0 spiro atoms. The molecule has 0 saturated heterocycles. The number of nitrogens with one attached hydrogen (secondary N) is 1. The van der Waals surface area contributed by atoms with E-state index in [4.69, 9.17) is 26.1 Å². The van der Waals surface area contributed by atoms with Crippen LogP contribution in [0.4, 0.5) is 19.0 Å². The van der Waals surface area contributed by atoms with Crippen molar-refractivity contribution in [3.05, 3.63) is 84.9 Å². The molecule has 196 valence electrons. The number of aliphatic carboxylic acids is 1. The van der Waals surface area contributed by atoms with E-state index in [2.05, 4.69) is 33.2 Å². The second-order valence-electron chi connectivity index (χ2n) is 8.48. The predicted octanol–water partition coefficient (Wildman–Crippen LogP) is 4.94. The first kappa shape index (κ1) is 26.4. The Morgan fingerprint density at radius 2 is 1.82 bits per heavy atom. The van der Waals surface area contributed by atoms with Crippen molar-refractivity contribution in [3.8, 4) is 16.9 Å². The van der Waals surface area contributed by atoms with Crippen LogP contribution in [0.2, 0.25) is 0 Å². The van der Waals surface area contributed by atoms with Gasteiger partial charge in [0.05, 0.1) is 6.20 Å². The number of hydrogen-bond donors (Lipinski definition) is 4. The molecule has 38 heavy (non-hydrogen) atoms. The summed E-state index contributed by atoms with van der Waals surface area (Å²) in [6.45, 7) is 0.407. The number of para-hydroxylation sites is 1. The van der Waals surface area contributed by atoms with E-state index >= 15 is 0 Å². The largest absolute Gasteiger partial charge is 0.490 e. The number of rotatable bonds is 6. The summed E-state index contributed by atoms with van der Waals surface area (Å²) in [7, 11) is 0. The molecule has 3 heterocycles. The van der Waals surface area contributed by atoms with Crippen molar-refractivity contribution in [1.82, 2.24) is 15.0 Å². The molecule has 8 nitrogen and oxygen atoms in total. The molecule has 11 heteroatoms. The third-order valence-electron chi connectivity index (χ3n) is 5.71. The molecule has 2 aromatic carbocycles. The van der Waals surface area contributed by atoms with Gasteiger partial charge in [-0.15, -0.1) is 0 Å². The standard InChI is InChI=1S/C25H23N5O.C2HF3O2/c26-20(10-19-13-30-24-4-2-1-3-22(19)24)15-31-21-11-18(12-28-14-21)16-5-6-23-17(9-16)7-8-29-25(23)27;3-2(4,5)1(6)7/h1-9,11-14,20,30H,10,15,26H2,(H2,27,29);(H,6,7)/t20-;/m0./s1. The summed E-state index contributed by atoms with van der Waals surface area (Å²) in [5.41, 5.74) is 16.6. The van der Waals surface area contributed by atoms with Crippen LogP contribution in [0.5, 0.6) is 5.75 Å². The number of nitrogen functional groups attached to an aromatic ring is 1. The molecular weight excluding hydrogens is 499 g/mol. The Labute approximate surface area is 215 Å². The van der Waals surface area contributed by atoms with Gasteiger partial charge in [-0.25, -0.2) is 9.78 Å². The molecule has 0 amide bonds. The summed E-state index contributed by atoms with van der Waals surface area (Å²) in [5.74, 6) is -1.53. The number of aromatic nitrogens is 3. The number of ether oxygens (including phenoxy) is 1. The fraction of sp³-hybridized carbons (Fsp3) is 0.148. The van der Waals surface area contributed by atoms with Crippen molar-refractivity contribution in [1.29, 1.82) is 0 Å². The first-order valence-corrected chi connectivity index (χ1v) is 11.4. The Bertz CT molecular complexity index is 1570. The number of carboxylic acid groups (broad SMARTS) is 1. The van der Waals surface area contributed by atoms with Crippen molar-refractivity contribution < 1.29 is 27.8 Å². The maximum atomic E-state index is 10.6.